The molecule has 116 valence electrons. The van der Waals surface area contributed by atoms with Gasteiger partial charge in [-0.2, -0.15) is 0 Å². The van der Waals surface area contributed by atoms with Gasteiger partial charge in [-0.05, 0) is 49.4 Å². The summed E-state index contributed by atoms with van der Waals surface area (Å²) in [5.41, 5.74) is 0.226. The molecule has 5 heteroatoms. The second-order valence-corrected chi connectivity index (χ2v) is 4.57. The van der Waals surface area contributed by atoms with Crippen molar-refractivity contribution in [3.8, 4) is 17.2 Å². The van der Waals surface area contributed by atoms with E-state index in [1.54, 1.807) is 31.4 Å². The summed E-state index contributed by atoms with van der Waals surface area (Å²) in [5.74, 6) is 1.08. The van der Waals surface area contributed by atoms with E-state index in [1.165, 1.54) is 25.1 Å². The Balaban J connectivity index is 1.87. The lowest BCUT2D eigenvalue weighted by atomic mass is 10.1. The third-order valence-electron chi connectivity index (χ3n) is 2.99. The number of carbonyl (C=O) groups excluding carboxylic acids is 1. The first-order valence-corrected chi connectivity index (χ1v) is 6.80. The molecule has 0 spiro atoms. The van der Waals surface area contributed by atoms with Crippen LogP contribution in [0.1, 0.15) is 17.3 Å². The zero-order valence-corrected chi connectivity index (χ0v) is 12.5. The molecule has 0 aliphatic heterocycles. The Morgan fingerprint density at radius 1 is 1.00 bits per heavy atom. The van der Waals surface area contributed by atoms with E-state index in [1.807, 2.05) is 0 Å². The van der Waals surface area contributed by atoms with Crippen LogP contribution in [0, 0.1) is 5.82 Å². The molecule has 0 atom stereocenters. The van der Waals surface area contributed by atoms with Gasteiger partial charge in [0.2, 0.25) is 0 Å². The lowest BCUT2D eigenvalue weighted by molar-refractivity contribution is 0.101. The normalized spacial score (nSPS) is 10.1. The van der Waals surface area contributed by atoms with E-state index in [0.29, 0.717) is 18.1 Å². The fourth-order valence-electron chi connectivity index (χ4n) is 1.89. The highest BCUT2D eigenvalue weighted by Gasteiger charge is 2.09. The highest BCUT2D eigenvalue weighted by Crippen LogP contribution is 2.21. The number of benzene rings is 2. The molecular weight excluding hydrogens is 287 g/mol. The Hall–Kier alpha value is -2.56. The summed E-state index contributed by atoms with van der Waals surface area (Å²) >= 11 is 0. The van der Waals surface area contributed by atoms with Crippen LogP contribution in [0.15, 0.2) is 42.5 Å². The van der Waals surface area contributed by atoms with E-state index in [4.69, 9.17) is 14.2 Å². The molecule has 0 amide bonds. The first kappa shape index (κ1) is 15.8. The minimum absolute atomic E-state index is 0.226. The second-order valence-electron chi connectivity index (χ2n) is 4.57. The largest absolute Gasteiger partial charge is 0.497 e. The van der Waals surface area contributed by atoms with Crippen molar-refractivity contribution in [2.24, 2.45) is 0 Å². The first-order chi connectivity index (χ1) is 10.6. The minimum atomic E-state index is -0.466. The van der Waals surface area contributed by atoms with Crippen molar-refractivity contribution in [1.82, 2.24) is 0 Å². The van der Waals surface area contributed by atoms with E-state index in [-0.39, 0.29) is 18.0 Å². The van der Waals surface area contributed by atoms with Crippen molar-refractivity contribution in [2.45, 2.75) is 6.92 Å². The van der Waals surface area contributed by atoms with Crippen molar-refractivity contribution < 1.29 is 23.4 Å². The Labute approximate surface area is 128 Å². The SMILES string of the molecule is COc1ccc(OCCOc2ccc(F)cc2C(C)=O)cc1. The molecule has 0 radical (unpaired) electrons. The minimum Gasteiger partial charge on any atom is -0.497 e. The monoisotopic (exact) mass is 304 g/mol. The number of rotatable bonds is 7. The zero-order chi connectivity index (χ0) is 15.9. The van der Waals surface area contributed by atoms with Crippen molar-refractivity contribution in [3.05, 3.63) is 53.8 Å². The highest BCUT2D eigenvalue weighted by atomic mass is 19.1. The molecule has 22 heavy (non-hydrogen) atoms. The number of carbonyl (C=O) groups is 1. The molecule has 0 unspecified atom stereocenters. The highest BCUT2D eigenvalue weighted by molar-refractivity contribution is 5.96. The maximum atomic E-state index is 13.1. The van der Waals surface area contributed by atoms with Crippen molar-refractivity contribution in [2.75, 3.05) is 20.3 Å². The van der Waals surface area contributed by atoms with Gasteiger partial charge >= 0.3 is 0 Å². The number of ketones is 1. The van der Waals surface area contributed by atoms with E-state index >= 15 is 0 Å². The fourth-order valence-corrected chi connectivity index (χ4v) is 1.89. The van der Waals surface area contributed by atoms with Crippen LogP contribution in [0.3, 0.4) is 0 Å². The van der Waals surface area contributed by atoms with Crippen LogP contribution in [0.2, 0.25) is 0 Å². The molecule has 0 heterocycles. The quantitative estimate of drug-likeness (QED) is 0.580. The zero-order valence-electron chi connectivity index (χ0n) is 12.5. The number of hydrogen-bond donors (Lipinski definition) is 0. The standard InChI is InChI=1S/C17H17FO4/c1-12(19)16-11-13(18)3-8-17(16)22-10-9-21-15-6-4-14(20-2)5-7-15/h3-8,11H,9-10H2,1-2H3. The molecule has 0 aliphatic rings. The van der Waals surface area contributed by atoms with Crippen LogP contribution in [0.5, 0.6) is 17.2 Å². The van der Waals surface area contributed by atoms with Gasteiger partial charge in [0.25, 0.3) is 0 Å². The Morgan fingerprint density at radius 2 is 1.64 bits per heavy atom. The van der Waals surface area contributed by atoms with Crippen molar-refractivity contribution in [3.63, 3.8) is 0 Å². The maximum absolute atomic E-state index is 13.1. The Morgan fingerprint density at radius 3 is 2.27 bits per heavy atom. The van der Waals surface area contributed by atoms with Gasteiger partial charge < -0.3 is 14.2 Å². The van der Waals surface area contributed by atoms with Crippen LogP contribution in [0.25, 0.3) is 0 Å². The van der Waals surface area contributed by atoms with Gasteiger partial charge in [0.1, 0.15) is 36.3 Å². The van der Waals surface area contributed by atoms with Crippen LogP contribution in [0.4, 0.5) is 4.39 Å². The van der Waals surface area contributed by atoms with Gasteiger partial charge in [0.05, 0.1) is 12.7 Å². The smallest absolute Gasteiger partial charge is 0.163 e. The predicted molar refractivity (Wildman–Crippen MR) is 80.4 cm³/mol. The lowest BCUT2D eigenvalue weighted by Gasteiger charge is -2.11. The van der Waals surface area contributed by atoms with Crippen LogP contribution in [-0.2, 0) is 0 Å². The fraction of sp³-hybridized carbons (Fsp3) is 0.235. The summed E-state index contributed by atoms with van der Waals surface area (Å²) in [6, 6.07) is 11.0. The predicted octanol–water partition coefficient (Wildman–Crippen LogP) is 3.49. The van der Waals surface area contributed by atoms with E-state index in [2.05, 4.69) is 0 Å². The molecule has 0 aromatic heterocycles. The average molecular weight is 304 g/mol. The first-order valence-electron chi connectivity index (χ1n) is 6.80. The van der Waals surface area contributed by atoms with Crippen molar-refractivity contribution in [1.29, 1.82) is 0 Å². The van der Waals surface area contributed by atoms with Gasteiger partial charge in [-0.25, -0.2) is 4.39 Å². The number of hydrogen-bond acceptors (Lipinski definition) is 4. The molecular formula is C17H17FO4. The molecule has 0 saturated carbocycles. The molecule has 2 rings (SSSR count). The average Bonchev–Trinajstić information content (AvgIpc) is 2.53. The number of methoxy groups -OCH3 is 1. The Kier molecular flexibility index (Phi) is 5.36. The number of Topliss-reactive ketones (excluding diaryl/α,β-unsaturated/α-hetero) is 1. The number of ether oxygens (including phenoxy) is 3. The summed E-state index contributed by atoms with van der Waals surface area (Å²) in [5, 5.41) is 0. The van der Waals surface area contributed by atoms with Gasteiger partial charge in [-0.15, -0.1) is 0 Å². The van der Waals surface area contributed by atoms with Crippen LogP contribution in [-0.4, -0.2) is 26.1 Å². The van der Waals surface area contributed by atoms with Crippen LogP contribution >= 0.6 is 0 Å². The third-order valence-corrected chi connectivity index (χ3v) is 2.99. The molecule has 4 nitrogen and oxygen atoms in total. The van der Waals surface area contributed by atoms with Gasteiger partial charge in [-0.3, -0.25) is 4.79 Å². The third kappa shape index (κ3) is 4.22. The Bertz CT molecular complexity index is 638. The molecule has 0 aliphatic carbocycles. The molecule has 0 fully saturated rings. The molecule has 2 aromatic rings. The molecule has 0 bridgehead atoms. The van der Waals surface area contributed by atoms with Gasteiger partial charge in [-0.1, -0.05) is 0 Å². The molecule has 2 aromatic carbocycles. The van der Waals surface area contributed by atoms with E-state index in [0.717, 1.165) is 5.75 Å². The van der Waals surface area contributed by atoms with Gasteiger partial charge in [0.15, 0.2) is 5.78 Å². The molecule has 0 N–H and O–H groups in total. The second kappa shape index (κ2) is 7.45. The summed E-state index contributed by atoms with van der Waals surface area (Å²) in [4.78, 5) is 11.4. The number of halogens is 1. The lowest BCUT2D eigenvalue weighted by Crippen LogP contribution is -2.11. The molecule has 0 saturated heterocycles. The van der Waals surface area contributed by atoms with Crippen LogP contribution < -0.4 is 14.2 Å². The summed E-state index contributed by atoms with van der Waals surface area (Å²) < 4.78 is 29.2. The van der Waals surface area contributed by atoms with E-state index in [9.17, 15) is 9.18 Å². The summed E-state index contributed by atoms with van der Waals surface area (Å²) in [6.45, 7) is 1.93. The summed E-state index contributed by atoms with van der Waals surface area (Å²) in [6.07, 6.45) is 0. The topological polar surface area (TPSA) is 44.8 Å². The maximum Gasteiger partial charge on any atom is 0.163 e. The summed E-state index contributed by atoms with van der Waals surface area (Å²) in [7, 11) is 1.60. The van der Waals surface area contributed by atoms with Gasteiger partial charge in [0, 0.05) is 0 Å². The van der Waals surface area contributed by atoms with E-state index < -0.39 is 5.82 Å². The van der Waals surface area contributed by atoms with Crippen molar-refractivity contribution >= 4 is 5.78 Å².